The SMILES string of the molecule is COc1cc(OC)c([N+](=O)[O-])cc1/C=N/NC(=O)CNc1cccc(C)c1. The van der Waals surface area contributed by atoms with Crippen LogP contribution in [0, 0.1) is 17.0 Å². The van der Waals surface area contributed by atoms with Crippen molar-refractivity contribution in [3.05, 3.63) is 57.6 Å². The number of hydrogen-bond acceptors (Lipinski definition) is 7. The monoisotopic (exact) mass is 372 g/mol. The highest BCUT2D eigenvalue weighted by Crippen LogP contribution is 2.33. The third kappa shape index (κ3) is 5.43. The zero-order valence-corrected chi connectivity index (χ0v) is 15.2. The molecule has 0 aliphatic carbocycles. The number of hydrazone groups is 1. The highest BCUT2D eigenvalue weighted by molar-refractivity contribution is 5.87. The molecule has 9 heteroatoms. The Kier molecular flexibility index (Phi) is 6.70. The fourth-order valence-corrected chi connectivity index (χ4v) is 2.30. The van der Waals surface area contributed by atoms with E-state index < -0.39 is 4.92 Å². The average molecular weight is 372 g/mol. The van der Waals surface area contributed by atoms with Gasteiger partial charge in [0.25, 0.3) is 5.91 Å². The fourth-order valence-electron chi connectivity index (χ4n) is 2.30. The smallest absolute Gasteiger partial charge is 0.311 e. The van der Waals surface area contributed by atoms with Gasteiger partial charge in [0.1, 0.15) is 5.75 Å². The summed E-state index contributed by atoms with van der Waals surface area (Å²) in [7, 11) is 2.75. The number of carbonyl (C=O) groups is 1. The molecular weight excluding hydrogens is 352 g/mol. The molecule has 0 saturated heterocycles. The maximum atomic E-state index is 11.9. The number of amides is 1. The summed E-state index contributed by atoms with van der Waals surface area (Å²) in [5.41, 5.74) is 4.35. The Bertz CT molecular complexity index is 867. The topological polar surface area (TPSA) is 115 Å². The maximum absolute atomic E-state index is 11.9. The molecule has 0 heterocycles. The summed E-state index contributed by atoms with van der Waals surface area (Å²) >= 11 is 0. The van der Waals surface area contributed by atoms with E-state index in [0.717, 1.165) is 11.3 Å². The summed E-state index contributed by atoms with van der Waals surface area (Å²) < 4.78 is 10.2. The number of nitrogens with zero attached hydrogens (tertiary/aromatic N) is 2. The second kappa shape index (κ2) is 9.18. The number of nitro groups is 1. The normalized spacial score (nSPS) is 10.5. The van der Waals surface area contributed by atoms with Gasteiger partial charge < -0.3 is 14.8 Å². The van der Waals surface area contributed by atoms with E-state index in [2.05, 4.69) is 15.8 Å². The zero-order valence-electron chi connectivity index (χ0n) is 15.2. The average Bonchev–Trinajstić information content (AvgIpc) is 2.65. The standard InChI is InChI=1S/C18H20N4O5/c1-12-5-4-6-14(7-12)19-11-18(23)21-20-10-13-8-15(22(24)25)17(27-3)9-16(13)26-2/h4-10,19H,11H2,1-3H3,(H,21,23)/b20-10+. The van der Waals surface area contributed by atoms with Crippen LogP contribution >= 0.6 is 0 Å². The molecule has 0 atom stereocenters. The number of benzene rings is 2. The van der Waals surface area contributed by atoms with Crippen molar-refractivity contribution in [2.24, 2.45) is 5.10 Å². The first-order valence-electron chi connectivity index (χ1n) is 7.97. The van der Waals surface area contributed by atoms with Gasteiger partial charge in [-0.25, -0.2) is 5.43 Å². The van der Waals surface area contributed by atoms with Crippen molar-refractivity contribution in [2.75, 3.05) is 26.1 Å². The third-order valence-electron chi connectivity index (χ3n) is 3.59. The number of carbonyl (C=O) groups excluding carboxylic acids is 1. The summed E-state index contributed by atoms with van der Waals surface area (Å²) in [6.07, 6.45) is 1.27. The predicted octanol–water partition coefficient (Wildman–Crippen LogP) is 2.48. The highest BCUT2D eigenvalue weighted by atomic mass is 16.6. The van der Waals surface area contributed by atoms with Gasteiger partial charge in [0.05, 0.1) is 31.9 Å². The van der Waals surface area contributed by atoms with E-state index in [0.29, 0.717) is 11.3 Å². The molecule has 1 amide bonds. The highest BCUT2D eigenvalue weighted by Gasteiger charge is 2.18. The molecule has 27 heavy (non-hydrogen) atoms. The number of ether oxygens (including phenoxy) is 2. The number of anilines is 1. The predicted molar refractivity (Wildman–Crippen MR) is 102 cm³/mol. The maximum Gasteiger partial charge on any atom is 0.311 e. The van der Waals surface area contributed by atoms with Gasteiger partial charge in [-0.1, -0.05) is 12.1 Å². The van der Waals surface area contributed by atoms with Crippen LogP contribution in [0.4, 0.5) is 11.4 Å². The van der Waals surface area contributed by atoms with Crippen LogP contribution in [0.1, 0.15) is 11.1 Å². The molecule has 0 unspecified atom stereocenters. The van der Waals surface area contributed by atoms with E-state index in [-0.39, 0.29) is 23.9 Å². The van der Waals surface area contributed by atoms with Gasteiger partial charge in [0, 0.05) is 23.4 Å². The molecule has 0 aliphatic heterocycles. The van der Waals surface area contributed by atoms with Crippen LogP contribution < -0.4 is 20.2 Å². The lowest BCUT2D eigenvalue weighted by Crippen LogP contribution is -2.25. The minimum Gasteiger partial charge on any atom is -0.496 e. The quantitative estimate of drug-likeness (QED) is 0.418. The first kappa shape index (κ1) is 19.7. The lowest BCUT2D eigenvalue weighted by atomic mass is 10.1. The van der Waals surface area contributed by atoms with Gasteiger partial charge >= 0.3 is 5.69 Å². The van der Waals surface area contributed by atoms with Crippen LogP contribution in [0.25, 0.3) is 0 Å². The van der Waals surface area contributed by atoms with E-state index in [4.69, 9.17) is 9.47 Å². The Morgan fingerprint density at radius 3 is 2.59 bits per heavy atom. The molecule has 9 nitrogen and oxygen atoms in total. The van der Waals surface area contributed by atoms with E-state index in [1.165, 1.54) is 32.6 Å². The van der Waals surface area contributed by atoms with Crippen LogP contribution in [0.15, 0.2) is 41.5 Å². The second-order valence-electron chi connectivity index (χ2n) is 5.54. The molecule has 0 bridgehead atoms. The third-order valence-corrected chi connectivity index (χ3v) is 3.59. The van der Waals surface area contributed by atoms with E-state index in [1.807, 2.05) is 31.2 Å². The van der Waals surface area contributed by atoms with Crippen LogP contribution in [0.3, 0.4) is 0 Å². The Balaban J connectivity index is 2.03. The lowest BCUT2D eigenvalue weighted by Gasteiger charge is -2.08. The van der Waals surface area contributed by atoms with E-state index >= 15 is 0 Å². The Morgan fingerprint density at radius 1 is 1.22 bits per heavy atom. The molecule has 0 fully saturated rings. The number of hydrogen-bond donors (Lipinski definition) is 2. The minimum absolute atomic E-state index is 0.0285. The first-order valence-corrected chi connectivity index (χ1v) is 7.97. The van der Waals surface area contributed by atoms with Crippen molar-refractivity contribution in [1.29, 1.82) is 0 Å². The Labute approximate surface area is 156 Å². The number of methoxy groups -OCH3 is 2. The van der Waals surface area contributed by atoms with Crippen molar-refractivity contribution in [3.8, 4) is 11.5 Å². The fraction of sp³-hybridized carbons (Fsp3) is 0.222. The number of nitro benzene ring substituents is 1. The molecule has 0 aliphatic rings. The first-order chi connectivity index (χ1) is 12.9. The minimum atomic E-state index is -0.569. The molecule has 2 N–H and O–H groups in total. The largest absolute Gasteiger partial charge is 0.496 e. The molecular formula is C18H20N4O5. The van der Waals surface area contributed by atoms with Crippen molar-refractivity contribution < 1.29 is 19.2 Å². The van der Waals surface area contributed by atoms with Gasteiger partial charge in [-0.05, 0) is 24.6 Å². The van der Waals surface area contributed by atoms with Crippen molar-refractivity contribution >= 4 is 23.5 Å². The summed E-state index contributed by atoms with van der Waals surface area (Å²) in [6, 6.07) is 10.3. The Hall–Kier alpha value is -3.62. The summed E-state index contributed by atoms with van der Waals surface area (Å²) in [4.78, 5) is 22.4. The molecule has 0 spiro atoms. The molecule has 2 aromatic rings. The molecule has 2 aromatic carbocycles. The van der Waals surface area contributed by atoms with Gasteiger partial charge in [-0.3, -0.25) is 14.9 Å². The number of aryl methyl sites for hydroxylation is 1. The lowest BCUT2D eigenvalue weighted by molar-refractivity contribution is -0.385. The summed E-state index contributed by atoms with van der Waals surface area (Å²) in [6.45, 7) is 1.98. The molecule has 0 saturated carbocycles. The second-order valence-corrected chi connectivity index (χ2v) is 5.54. The number of nitrogens with one attached hydrogen (secondary N) is 2. The van der Waals surface area contributed by atoms with Crippen LogP contribution in [-0.4, -0.2) is 37.8 Å². The van der Waals surface area contributed by atoms with Gasteiger partial charge in [0.2, 0.25) is 5.75 Å². The summed E-state index contributed by atoms with van der Waals surface area (Å²) in [5, 5.41) is 17.9. The Morgan fingerprint density at radius 2 is 1.96 bits per heavy atom. The van der Waals surface area contributed by atoms with Crippen LogP contribution in [-0.2, 0) is 4.79 Å². The van der Waals surface area contributed by atoms with Crippen molar-refractivity contribution in [1.82, 2.24) is 5.43 Å². The van der Waals surface area contributed by atoms with Gasteiger partial charge in [0.15, 0.2) is 0 Å². The molecule has 142 valence electrons. The molecule has 0 aromatic heterocycles. The van der Waals surface area contributed by atoms with Crippen molar-refractivity contribution in [2.45, 2.75) is 6.92 Å². The van der Waals surface area contributed by atoms with Crippen LogP contribution in [0.2, 0.25) is 0 Å². The number of rotatable bonds is 8. The van der Waals surface area contributed by atoms with E-state index in [1.54, 1.807) is 0 Å². The molecule has 2 rings (SSSR count). The van der Waals surface area contributed by atoms with Crippen LogP contribution in [0.5, 0.6) is 11.5 Å². The van der Waals surface area contributed by atoms with Gasteiger partial charge in [-0.2, -0.15) is 5.10 Å². The van der Waals surface area contributed by atoms with E-state index in [9.17, 15) is 14.9 Å². The zero-order chi connectivity index (χ0) is 19.8. The summed E-state index contributed by atoms with van der Waals surface area (Å²) in [5.74, 6) is 0.0310. The van der Waals surface area contributed by atoms with Crippen molar-refractivity contribution in [3.63, 3.8) is 0 Å². The van der Waals surface area contributed by atoms with Gasteiger partial charge in [-0.15, -0.1) is 0 Å². The molecule has 0 radical (unpaired) electrons.